The molecule has 3 aliphatic rings. The molecule has 0 saturated carbocycles. The van der Waals surface area contributed by atoms with Gasteiger partial charge in [-0.25, -0.2) is 4.79 Å². The van der Waals surface area contributed by atoms with Gasteiger partial charge in [0, 0.05) is 25.8 Å². The third-order valence-electron chi connectivity index (χ3n) is 5.72. The molecule has 5 atom stereocenters. The van der Waals surface area contributed by atoms with Crippen molar-refractivity contribution in [2.24, 2.45) is 0 Å². The van der Waals surface area contributed by atoms with E-state index in [9.17, 15) is 14.4 Å². The first kappa shape index (κ1) is 24.2. The Balaban J connectivity index is 1.58. The van der Waals surface area contributed by atoms with Crippen LogP contribution < -0.4 is 0 Å². The number of carbonyl (C=O) groups excluding carboxylic acids is 3. The van der Waals surface area contributed by atoms with Crippen molar-refractivity contribution in [3.05, 3.63) is 34.9 Å². The van der Waals surface area contributed by atoms with Gasteiger partial charge in [-0.15, -0.1) is 0 Å². The van der Waals surface area contributed by atoms with Crippen molar-refractivity contribution in [1.82, 2.24) is 0 Å². The van der Waals surface area contributed by atoms with Gasteiger partial charge in [0.1, 0.15) is 12.2 Å². The largest absolute Gasteiger partial charge is 0.455 e. The van der Waals surface area contributed by atoms with Gasteiger partial charge >= 0.3 is 17.9 Å². The molecule has 0 amide bonds. The minimum atomic E-state index is -1.08. The molecule has 176 valence electrons. The van der Waals surface area contributed by atoms with Gasteiger partial charge in [-0.05, 0) is 52.5 Å². The second-order valence-corrected chi connectivity index (χ2v) is 8.76. The number of epoxide rings is 1. The molecule has 2 fully saturated rings. The highest BCUT2D eigenvalue weighted by molar-refractivity contribution is 5.85. The second kappa shape index (κ2) is 10.0. The number of fused-ring (bicyclic) bond motifs is 1. The standard InChI is InChI=1S/C24H32O8/c1-14(2)8-6-9-15(3)10-7-11-24-20(32-24)13-19(30-23(24)27)18-12-21(28-16(4)25)31-22(18)29-17(5)26/h8,10,12,19-22H,6-7,9,11,13H2,1-5H3/t19-,20-,21+,22-,24-/m1/s1. The van der Waals surface area contributed by atoms with Crippen molar-refractivity contribution in [3.63, 3.8) is 0 Å². The van der Waals surface area contributed by atoms with Crippen LogP contribution in [0.1, 0.15) is 66.7 Å². The lowest BCUT2D eigenvalue weighted by Crippen LogP contribution is -2.41. The van der Waals surface area contributed by atoms with E-state index >= 15 is 0 Å². The van der Waals surface area contributed by atoms with Crippen LogP contribution in [-0.4, -0.2) is 48.3 Å². The maximum Gasteiger partial charge on any atom is 0.341 e. The summed E-state index contributed by atoms with van der Waals surface area (Å²) in [6.07, 6.45) is 6.58. The highest BCUT2D eigenvalue weighted by atomic mass is 16.8. The molecule has 2 saturated heterocycles. The Morgan fingerprint density at radius 3 is 2.44 bits per heavy atom. The molecule has 8 nitrogen and oxygen atoms in total. The fraction of sp³-hybridized carbons (Fsp3) is 0.625. The Hall–Kier alpha value is -2.45. The number of esters is 3. The highest BCUT2D eigenvalue weighted by Gasteiger charge is 2.67. The third-order valence-corrected chi connectivity index (χ3v) is 5.72. The molecule has 0 aromatic carbocycles. The number of hydrogen-bond acceptors (Lipinski definition) is 8. The van der Waals surface area contributed by atoms with Gasteiger partial charge in [-0.3, -0.25) is 14.3 Å². The SMILES string of the molecule is CC(=O)O[C@@H]1C=C([C@H]2C[C@H]3O[C@@]3(CCC=C(C)CCC=C(C)C)C(=O)O2)[C@H](OC(C)=O)O1. The predicted octanol–water partition coefficient (Wildman–Crippen LogP) is 3.65. The highest BCUT2D eigenvalue weighted by Crippen LogP contribution is 2.50. The Morgan fingerprint density at radius 2 is 1.81 bits per heavy atom. The maximum absolute atomic E-state index is 12.8. The maximum atomic E-state index is 12.8. The zero-order chi connectivity index (χ0) is 23.5. The summed E-state index contributed by atoms with van der Waals surface area (Å²) < 4.78 is 27.1. The summed E-state index contributed by atoms with van der Waals surface area (Å²) in [6.45, 7) is 8.77. The van der Waals surface area contributed by atoms with Gasteiger partial charge in [-0.2, -0.15) is 0 Å². The summed E-state index contributed by atoms with van der Waals surface area (Å²) >= 11 is 0. The topological polar surface area (TPSA) is 101 Å². The lowest BCUT2D eigenvalue weighted by molar-refractivity contribution is -0.204. The zero-order valence-electron chi connectivity index (χ0n) is 19.3. The fourth-order valence-corrected chi connectivity index (χ4v) is 4.07. The number of rotatable bonds is 9. The van der Waals surface area contributed by atoms with Crippen molar-refractivity contribution < 1.29 is 38.1 Å². The summed E-state index contributed by atoms with van der Waals surface area (Å²) in [6, 6.07) is 0. The zero-order valence-corrected chi connectivity index (χ0v) is 19.3. The van der Waals surface area contributed by atoms with E-state index in [0.717, 1.165) is 19.3 Å². The molecule has 0 N–H and O–H groups in total. The molecule has 32 heavy (non-hydrogen) atoms. The van der Waals surface area contributed by atoms with E-state index in [0.29, 0.717) is 18.4 Å². The predicted molar refractivity (Wildman–Crippen MR) is 114 cm³/mol. The lowest BCUT2D eigenvalue weighted by atomic mass is 9.90. The van der Waals surface area contributed by atoms with Gasteiger partial charge in [-0.1, -0.05) is 23.3 Å². The summed E-state index contributed by atoms with van der Waals surface area (Å²) in [5.41, 5.74) is 2.13. The quantitative estimate of drug-likeness (QED) is 0.228. The van der Waals surface area contributed by atoms with Crippen molar-refractivity contribution in [2.45, 2.75) is 97.1 Å². The van der Waals surface area contributed by atoms with Crippen molar-refractivity contribution in [2.75, 3.05) is 0 Å². The number of hydrogen-bond donors (Lipinski definition) is 0. The van der Waals surface area contributed by atoms with Gasteiger partial charge in [0.25, 0.3) is 0 Å². The first-order valence-corrected chi connectivity index (χ1v) is 11.0. The van der Waals surface area contributed by atoms with Crippen LogP contribution in [-0.2, 0) is 38.1 Å². The Kier molecular flexibility index (Phi) is 7.56. The van der Waals surface area contributed by atoms with E-state index in [-0.39, 0.29) is 6.10 Å². The molecule has 0 unspecified atom stereocenters. The van der Waals surface area contributed by atoms with Crippen molar-refractivity contribution in [3.8, 4) is 0 Å². The average molecular weight is 449 g/mol. The van der Waals surface area contributed by atoms with Crippen LogP contribution >= 0.6 is 0 Å². The van der Waals surface area contributed by atoms with E-state index in [1.54, 1.807) is 0 Å². The molecule has 0 aliphatic carbocycles. The molecular formula is C24H32O8. The Bertz CT molecular complexity index is 850. The summed E-state index contributed by atoms with van der Waals surface area (Å²) in [4.78, 5) is 35.5. The number of carbonyl (C=O) groups is 3. The Labute approximate surface area is 188 Å². The summed E-state index contributed by atoms with van der Waals surface area (Å²) in [5.74, 6) is -1.52. The molecule has 0 aromatic heterocycles. The molecule has 0 bridgehead atoms. The third kappa shape index (κ3) is 5.86. The molecular weight excluding hydrogens is 416 g/mol. The average Bonchev–Trinajstić information content (AvgIpc) is 3.27. The number of ether oxygens (including phenoxy) is 5. The minimum Gasteiger partial charge on any atom is -0.455 e. The molecule has 0 spiro atoms. The number of allylic oxidation sites excluding steroid dienone is 4. The van der Waals surface area contributed by atoms with Crippen LogP contribution in [0.4, 0.5) is 0 Å². The van der Waals surface area contributed by atoms with Gasteiger partial charge in [0.05, 0.1) is 0 Å². The monoisotopic (exact) mass is 448 g/mol. The van der Waals surface area contributed by atoms with Gasteiger partial charge in [0.15, 0.2) is 5.60 Å². The van der Waals surface area contributed by atoms with Crippen LogP contribution in [0, 0.1) is 0 Å². The molecule has 3 heterocycles. The van der Waals surface area contributed by atoms with E-state index in [1.165, 1.54) is 31.1 Å². The molecule has 0 radical (unpaired) electrons. The van der Waals surface area contributed by atoms with E-state index in [2.05, 4.69) is 32.9 Å². The summed E-state index contributed by atoms with van der Waals surface area (Å²) in [7, 11) is 0. The minimum absolute atomic E-state index is 0.264. The van der Waals surface area contributed by atoms with Crippen LogP contribution in [0.5, 0.6) is 0 Å². The molecule has 0 aromatic rings. The van der Waals surface area contributed by atoms with Crippen LogP contribution in [0.15, 0.2) is 34.9 Å². The molecule has 8 heteroatoms. The number of cyclic esters (lactones) is 1. The normalized spacial score (nSPS) is 31.2. The smallest absolute Gasteiger partial charge is 0.341 e. The van der Waals surface area contributed by atoms with E-state index < -0.39 is 42.2 Å². The molecule has 3 rings (SSSR count). The first-order chi connectivity index (χ1) is 15.1. The van der Waals surface area contributed by atoms with Gasteiger partial charge in [0.2, 0.25) is 12.6 Å². The lowest BCUT2D eigenvalue weighted by Gasteiger charge is -2.27. The molecule has 3 aliphatic heterocycles. The van der Waals surface area contributed by atoms with Crippen LogP contribution in [0.2, 0.25) is 0 Å². The first-order valence-electron chi connectivity index (χ1n) is 11.0. The fourth-order valence-electron chi connectivity index (χ4n) is 4.07. The van der Waals surface area contributed by atoms with Crippen LogP contribution in [0.3, 0.4) is 0 Å². The Morgan fingerprint density at radius 1 is 1.09 bits per heavy atom. The second-order valence-electron chi connectivity index (χ2n) is 8.76. The van der Waals surface area contributed by atoms with Gasteiger partial charge < -0.3 is 18.9 Å². The van der Waals surface area contributed by atoms with Crippen molar-refractivity contribution >= 4 is 17.9 Å². The summed E-state index contributed by atoms with van der Waals surface area (Å²) in [5, 5.41) is 0. The van der Waals surface area contributed by atoms with E-state index in [4.69, 9.17) is 23.7 Å². The van der Waals surface area contributed by atoms with Crippen LogP contribution in [0.25, 0.3) is 0 Å². The van der Waals surface area contributed by atoms with Crippen molar-refractivity contribution in [1.29, 1.82) is 0 Å². The van der Waals surface area contributed by atoms with E-state index in [1.807, 2.05) is 0 Å².